The first-order valence-corrected chi connectivity index (χ1v) is 5.06. The highest BCUT2D eigenvalue weighted by Gasteiger charge is 2.26. The maximum absolute atomic E-state index is 10.0. The Bertz CT molecular complexity index is 292. The van der Waals surface area contributed by atoms with Gasteiger partial charge >= 0.3 is 0 Å². The number of nitrogens with zero attached hydrogens (tertiary/aromatic N) is 2. The molecular formula is C10H16N2O2. The molecular weight excluding hydrogens is 180 g/mol. The number of hydrogen-bond acceptors (Lipinski definition) is 3. The molecule has 0 spiro atoms. The summed E-state index contributed by atoms with van der Waals surface area (Å²) in [5, 5.41) is 10.0. The lowest BCUT2D eigenvalue weighted by Gasteiger charge is -2.26. The second-order valence-electron chi connectivity index (χ2n) is 3.75. The molecule has 0 bridgehead atoms. The topological polar surface area (TPSA) is 47.3 Å². The highest BCUT2D eigenvalue weighted by atomic mass is 16.5. The first-order chi connectivity index (χ1) is 6.79. The van der Waals surface area contributed by atoms with Gasteiger partial charge in [-0.15, -0.1) is 0 Å². The van der Waals surface area contributed by atoms with Crippen molar-refractivity contribution in [2.45, 2.75) is 31.5 Å². The van der Waals surface area contributed by atoms with Crippen molar-refractivity contribution < 1.29 is 9.84 Å². The van der Waals surface area contributed by atoms with Crippen LogP contribution in [0.15, 0.2) is 12.4 Å². The summed E-state index contributed by atoms with van der Waals surface area (Å²) in [7, 11) is 1.88. The van der Waals surface area contributed by atoms with Crippen molar-refractivity contribution in [2.24, 2.45) is 7.05 Å². The van der Waals surface area contributed by atoms with E-state index < -0.39 is 6.10 Å². The van der Waals surface area contributed by atoms with Gasteiger partial charge in [-0.3, -0.25) is 0 Å². The fraction of sp³-hybridized carbons (Fsp3) is 0.700. The van der Waals surface area contributed by atoms with E-state index in [4.69, 9.17) is 4.74 Å². The zero-order valence-corrected chi connectivity index (χ0v) is 8.39. The second-order valence-corrected chi connectivity index (χ2v) is 3.75. The third kappa shape index (κ3) is 1.81. The Hall–Kier alpha value is -0.870. The molecule has 4 heteroatoms. The summed E-state index contributed by atoms with van der Waals surface area (Å²) >= 11 is 0. The molecule has 14 heavy (non-hydrogen) atoms. The fourth-order valence-electron chi connectivity index (χ4n) is 1.84. The summed E-state index contributed by atoms with van der Waals surface area (Å²) in [4.78, 5) is 4.12. The average Bonchev–Trinajstić information content (AvgIpc) is 2.65. The van der Waals surface area contributed by atoms with Gasteiger partial charge in [0, 0.05) is 26.0 Å². The van der Waals surface area contributed by atoms with Crippen molar-refractivity contribution in [3.63, 3.8) is 0 Å². The van der Waals surface area contributed by atoms with Crippen molar-refractivity contribution >= 4 is 0 Å². The number of aryl methyl sites for hydroxylation is 1. The van der Waals surface area contributed by atoms with Gasteiger partial charge in [-0.2, -0.15) is 0 Å². The van der Waals surface area contributed by atoms with Crippen LogP contribution in [0.5, 0.6) is 0 Å². The van der Waals surface area contributed by atoms with Gasteiger partial charge in [0.1, 0.15) is 11.9 Å². The van der Waals surface area contributed by atoms with Gasteiger partial charge in [0.25, 0.3) is 0 Å². The molecule has 1 saturated heterocycles. The molecule has 1 N–H and O–H groups in total. The second kappa shape index (κ2) is 4.11. The Morgan fingerprint density at radius 1 is 1.64 bits per heavy atom. The van der Waals surface area contributed by atoms with Gasteiger partial charge in [-0.05, 0) is 19.3 Å². The predicted octanol–water partition coefficient (Wildman–Crippen LogP) is 1.02. The maximum atomic E-state index is 10.0. The quantitative estimate of drug-likeness (QED) is 0.768. The molecule has 2 atom stereocenters. The molecule has 0 aromatic carbocycles. The van der Waals surface area contributed by atoms with Crippen LogP contribution in [0.1, 0.15) is 31.2 Å². The largest absolute Gasteiger partial charge is 0.382 e. The zero-order chi connectivity index (χ0) is 9.97. The molecule has 0 saturated carbocycles. The van der Waals surface area contributed by atoms with E-state index in [1.165, 1.54) is 0 Å². The summed E-state index contributed by atoms with van der Waals surface area (Å²) in [6.45, 7) is 0.756. The number of ether oxygens (including phenoxy) is 1. The number of aliphatic hydroxyl groups is 1. The standard InChI is InChI=1S/C10H16N2O2/c1-12-6-5-11-10(12)9(13)8-4-2-3-7-14-8/h5-6,8-9,13H,2-4,7H2,1H3. The zero-order valence-electron chi connectivity index (χ0n) is 8.39. The minimum Gasteiger partial charge on any atom is -0.382 e. The SMILES string of the molecule is Cn1ccnc1C(O)C1CCCCO1. The van der Waals surface area contributed by atoms with E-state index in [0.717, 1.165) is 25.9 Å². The smallest absolute Gasteiger partial charge is 0.140 e. The normalized spacial score (nSPS) is 24.9. The molecule has 4 nitrogen and oxygen atoms in total. The van der Waals surface area contributed by atoms with Gasteiger partial charge in [0.15, 0.2) is 0 Å². The van der Waals surface area contributed by atoms with Crippen LogP contribution in [-0.2, 0) is 11.8 Å². The summed E-state index contributed by atoms with van der Waals surface area (Å²) < 4.78 is 7.35. The van der Waals surface area contributed by atoms with E-state index in [1.54, 1.807) is 6.20 Å². The lowest BCUT2D eigenvalue weighted by molar-refractivity contribution is -0.0672. The van der Waals surface area contributed by atoms with E-state index in [0.29, 0.717) is 5.82 Å². The van der Waals surface area contributed by atoms with Crippen LogP contribution >= 0.6 is 0 Å². The Morgan fingerprint density at radius 2 is 2.50 bits per heavy atom. The van der Waals surface area contributed by atoms with Crippen LogP contribution < -0.4 is 0 Å². The number of hydrogen-bond donors (Lipinski definition) is 1. The van der Waals surface area contributed by atoms with E-state index in [1.807, 2.05) is 17.8 Å². The molecule has 0 radical (unpaired) electrons. The molecule has 1 aliphatic heterocycles. The lowest BCUT2D eigenvalue weighted by atomic mass is 10.0. The number of aromatic nitrogens is 2. The van der Waals surface area contributed by atoms with Gasteiger partial charge in [-0.1, -0.05) is 0 Å². The molecule has 2 heterocycles. The predicted molar refractivity (Wildman–Crippen MR) is 51.8 cm³/mol. The van der Waals surface area contributed by atoms with E-state index in [-0.39, 0.29) is 6.10 Å². The molecule has 1 fully saturated rings. The molecule has 2 unspecified atom stereocenters. The van der Waals surface area contributed by atoms with Crippen LogP contribution in [0.3, 0.4) is 0 Å². The Morgan fingerprint density at radius 3 is 3.07 bits per heavy atom. The van der Waals surface area contributed by atoms with Crippen LogP contribution in [0.4, 0.5) is 0 Å². The summed E-state index contributed by atoms with van der Waals surface area (Å²) in [6, 6.07) is 0. The Balaban J connectivity index is 2.07. The van der Waals surface area contributed by atoms with Gasteiger partial charge in [0.05, 0.1) is 6.10 Å². The highest BCUT2D eigenvalue weighted by molar-refractivity contribution is 4.98. The first kappa shape index (κ1) is 9.68. The highest BCUT2D eigenvalue weighted by Crippen LogP contribution is 2.24. The molecule has 1 aromatic heterocycles. The third-order valence-electron chi connectivity index (χ3n) is 2.69. The number of aliphatic hydroxyl groups excluding tert-OH is 1. The van der Waals surface area contributed by atoms with Gasteiger partial charge in [-0.25, -0.2) is 4.98 Å². The Kier molecular flexibility index (Phi) is 2.84. The van der Waals surface area contributed by atoms with Crippen molar-refractivity contribution in [3.05, 3.63) is 18.2 Å². The van der Waals surface area contributed by atoms with E-state index in [2.05, 4.69) is 4.98 Å². The van der Waals surface area contributed by atoms with Crippen molar-refractivity contribution in [1.29, 1.82) is 0 Å². The first-order valence-electron chi connectivity index (χ1n) is 5.06. The third-order valence-corrected chi connectivity index (χ3v) is 2.69. The van der Waals surface area contributed by atoms with Crippen molar-refractivity contribution in [2.75, 3.05) is 6.61 Å². The maximum Gasteiger partial charge on any atom is 0.140 e. The number of imidazole rings is 1. The molecule has 78 valence electrons. The van der Waals surface area contributed by atoms with Crippen molar-refractivity contribution in [1.82, 2.24) is 9.55 Å². The molecule has 1 aliphatic rings. The lowest BCUT2D eigenvalue weighted by Crippen LogP contribution is -2.28. The average molecular weight is 196 g/mol. The minimum absolute atomic E-state index is 0.0788. The summed E-state index contributed by atoms with van der Waals surface area (Å²) in [6.07, 6.45) is 6.02. The fourth-order valence-corrected chi connectivity index (χ4v) is 1.84. The van der Waals surface area contributed by atoms with E-state index >= 15 is 0 Å². The van der Waals surface area contributed by atoms with Crippen LogP contribution in [0.2, 0.25) is 0 Å². The van der Waals surface area contributed by atoms with Crippen molar-refractivity contribution in [3.8, 4) is 0 Å². The molecule has 0 aliphatic carbocycles. The molecule has 2 rings (SSSR count). The monoisotopic (exact) mass is 196 g/mol. The van der Waals surface area contributed by atoms with Gasteiger partial charge < -0.3 is 14.4 Å². The summed E-state index contributed by atoms with van der Waals surface area (Å²) in [5.41, 5.74) is 0. The van der Waals surface area contributed by atoms with Crippen LogP contribution in [-0.4, -0.2) is 27.4 Å². The van der Waals surface area contributed by atoms with E-state index in [9.17, 15) is 5.11 Å². The number of rotatable bonds is 2. The molecule has 0 amide bonds. The summed E-state index contributed by atoms with van der Waals surface area (Å²) in [5.74, 6) is 0.692. The minimum atomic E-state index is -0.588. The Labute approximate surface area is 83.5 Å². The van der Waals surface area contributed by atoms with Crippen LogP contribution in [0, 0.1) is 0 Å². The molecule has 1 aromatic rings. The van der Waals surface area contributed by atoms with Gasteiger partial charge in [0.2, 0.25) is 0 Å². The van der Waals surface area contributed by atoms with Crippen LogP contribution in [0.25, 0.3) is 0 Å².